The average Bonchev–Trinajstić information content (AvgIpc) is 1.61. The molecule has 0 radical (unpaired) electrons. The zero-order valence-electron chi connectivity index (χ0n) is 4.62. The number of rotatable bonds is 2. The summed E-state index contributed by atoms with van der Waals surface area (Å²) in [6.45, 7) is 3.06. The van der Waals surface area contributed by atoms with E-state index < -0.39 is 0 Å². The van der Waals surface area contributed by atoms with Crippen molar-refractivity contribution in [1.82, 2.24) is 5.32 Å². The largest absolute Gasteiger partial charge is 0.320 e. The number of hydrogen-bond acceptors (Lipinski definition) is 1. The van der Waals surface area contributed by atoms with Gasteiger partial charge in [-0.1, -0.05) is 6.92 Å². The van der Waals surface area contributed by atoms with Crippen LogP contribution in [0.1, 0.15) is 14.7 Å². The maximum Gasteiger partial charge on any atom is 0.0391 e. The van der Waals surface area contributed by atoms with Crippen LogP contribution in [0.2, 0.25) is 0 Å². The van der Waals surface area contributed by atoms with Crippen molar-refractivity contribution in [2.75, 3.05) is 13.6 Å². The Balaban J connectivity index is 2.34. The van der Waals surface area contributed by atoms with E-state index in [4.69, 9.17) is 1.37 Å². The van der Waals surface area contributed by atoms with Crippen molar-refractivity contribution in [3.63, 3.8) is 0 Å². The van der Waals surface area contributed by atoms with E-state index in [9.17, 15) is 0 Å². The molecule has 0 spiro atoms. The lowest BCUT2D eigenvalue weighted by molar-refractivity contribution is 0.772. The molecule has 0 atom stereocenters. The topological polar surface area (TPSA) is 12.0 Å². The number of hydrogen-bond donors (Lipinski definition) is 1. The zero-order valence-corrected chi connectivity index (χ0v) is 3.62. The van der Waals surface area contributed by atoms with E-state index in [1.165, 1.54) is 0 Å². The monoisotopic (exact) mass is 74.1 g/mol. The highest BCUT2D eigenvalue weighted by Gasteiger charge is 1.64. The normalized spacial score (nSPS) is 11.0. The third-order valence-electron chi connectivity index (χ3n) is 0.427. The Labute approximate surface area is 34.8 Å². The van der Waals surface area contributed by atoms with E-state index in [0.717, 1.165) is 13.0 Å². The van der Waals surface area contributed by atoms with Crippen LogP contribution in [0, 0.1) is 0 Å². The van der Waals surface area contributed by atoms with Crippen molar-refractivity contribution < 1.29 is 1.37 Å². The summed E-state index contributed by atoms with van der Waals surface area (Å²) in [4.78, 5) is 0. The predicted molar refractivity (Wildman–Crippen MR) is 24.2 cm³/mol. The van der Waals surface area contributed by atoms with Crippen molar-refractivity contribution >= 4 is 0 Å². The standard InChI is InChI=1S/C4H11N/c1-3-4-5-2/h5H,3-4H2,1-2H3/i2D. The lowest BCUT2D eigenvalue weighted by Gasteiger charge is -1.84. The second-order valence-electron chi connectivity index (χ2n) is 1.000. The highest BCUT2D eigenvalue weighted by Crippen LogP contribution is 1.62. The van der Waals surface area contributed by atoms with Gasteiger partial charge in [0.1, 0.15) is 0 Å². The van der Waals surface area contributed by atoms with Gasteiger partial charge in [-0.25, -0.2) is 0 Å². The Morgan fingerprint density at radius 2 is 2.80 bits per heavy atom. The minimum absolute atomic E-state index is 0.355. The van der Waals surface area contributed by atoms with Crippen LogP contribution in [-0.2, 0) is 0 Å². The fraction of sp³-hybridized carbons (Fsp3) is 1.00. The summed E-state index contributed by atoms with van der Waals surface area (Å²) in [5, 5.41) is 2.86. The minimum Gasteiger partial charge on any atom is -0.320 e. The summed E-state index contributed by atoms with van der Waals surface area (Å²) >= 11 is 0. The molecule has 0 saturated heterocycles. The van der Waals surface area contributed by atoms with Crippen molar-refractivity contribution in [2.45, 2.75) is 13.3 Å². The molecular weight excluding hydrogens is 62.1 g/mol. The van der Waals surface area contributed by atoms with E-state index in [2.05, 4.69) is 12.2 Å². The van der Waals surface area contributed by atoms with Crippen LogP contribution in [0.5, 0.6) is 0 Å². The Morgan fingerprint density at radius 3 is 3.00 bits per heavy atom. The second kappa shape index (κ2) is 3.96. The summed E-state index contributed by atoms with van der Waals surface area (Å²) < 4.78 is 6.59. The molecule has 0 saturated carbocycles. The first-order chi connectivity index (χ1) is 2.91. The fourth-order valence-electron chi connectivity index (χ4n) is 0.177. The molecule has 0 rings (SSSR count). The van der Waals surface area contributed by atoms with Gasteiger partial charge in [-0.2, -0.15) is 0 Å². The third kappa shape index (κ3) is 3.96. The van der Waals surface area contributed by atoms with Gasteiger partial charge in [0.05, 0.1) is 0 Å². The van der Waals surface area contributed by atoms with Crippen LogP contribution in [0.4, 0.5) is 0 Å². The maximum atomic E-state index is 6.59. The van der Waals surface area contributed by atoms with Gasteiger partial charge in [0, 0.05) is 1.37 Å². The van der Waals surface area contributed by atoms with Crippen LogP contribution >= 0.6 is 0 Å². The second-order valence-corrected chi connectivity index (χ2v) is 1.000. The van der Waals surface area contributed by atoms with Gasteiger partial charge in [-0.3, -0.25) is 0 Å². The molecule has 5 heavy (non-hydrogen) atoms. The Kier molecular flexibility index (Phi) is 2.50. The fourth-order valence-corrected chi connectivity index (χ4v) is 0.177. The van der Waals surface area contributed by atoms with E-state index in [-0.39, 0.29) is 0 Å². The number of nitrogens with one attached hydrogen (secondary N) is 1. The minimum atomic E-state index is 0.355. The van der Waals surface area contributed by atoms with Crippen molar-refractivity contribution in [2.24, 2.45) is 0 Å². The Bertz CT molecular complexity index is 19.5. The molecule has 0 bridgehead atoms. The third-order valence-corrected chi connectivity index (χ3v) is 0.427. The van der Waals surface area contributed by atoms with Gasteiger partial charge in [-0.15, -0.1) is 0 Å². The molecule has 0 aromatic carbocycles. The highest BCUT2D eigenvalue weighted by atomic mass is 14.8. The molecule has 0 aromatic heterocycles. The Morgan fingerprint density at radius 1 is 2.00 bits per heavy atom. The lowest BCUT2D eigenvalue weighted by Crippen LogP contribution is -2.04. The zero-order chi connectivity index (χ0) is 4.83. The first kappa shape index (κ1) is 3.16. The first-order valence-electron chi connectivity index (χ1n) is 2.62. The van der Waals surface area contributed by atoms with Gasteiger partial charge in [0.2, 0.25) is 0 Å². The molecule has 0 heterocycles. The molecule has 1 heteroatoms. The predicted octanol–water partition coefficient (Wildman–Crippen LogP) is 0.616. The summed E-state index contributed by atoms with van der Waals surface area (Å²) in [5.41, 5.74) is 0. The first-order valence-corrected chi connectivity index (χ1v) is 1.91. The summed E-state index contributed by atoms with van der Waals surface area (Å²) in [6, 6.07) is 0. The van der Waals surface area contributed by atoms with Crippen molar-refractivity contribution in [3.8, 4) is 0 Å². The van der Waals surface area contributed by atoms with Crippen LogP contribution in [-0.4, -0.2) is 13.6 Å². The van der Waals surface area contributed by atoms with Crippen molar-refractivity contribution in [1.29, 1.82) is 0 Å². The molecule has 0 unspecified atom stereocenters. The molecule has 1 nitrogen and oxygen atoms in total. The molecule has 0 aliphatic carbocycles. The molecular formula is C4H11N. The van der Waals surface area contributed by atoms with E-state index >= 15 is 0 Å². The molecule has 1 N–H and O–H groups in total. The van der Waals surface area contributed by atoms with Crippen molar-refractivity contribution in [3.05, 3.63) is 0 Å². The SMILES string of the molecule is [2H]CNCCC. The van der Waals surface area contributed by atoms with Gasteiger partial charge in [0.25, 0.3) is 0 Å². The van der Waals surface area contributed by atoms with Crippen LogP contribution in [0.25, 0.3) is 0 Å². The summed E-state index contributed by atoms with van der Waals surface area (Å²) in [7, 11) is 0.355. The van der Waals surface area contributed by atoms with Gasteiger partial charge < -0.3 is 5.32 Å². The Hall–Kier alpha value is -0.0400. The van der Waals surface area contributed by atoms with Crippen LogP contribution < -0.4 is 5.32 Å². The van der Waals surface area contributed by atoms with Crippen LogP contribution in [0.3, 0.4) is 0 Å². The van der Waals surface area contributed by atoms with E-state index in [1.54, 1.807) is 0 Å². The molecule has 0 aliphatic rings. The molecule has 0 amide bonds. The lowest BCUT2D eigenvalue weighted by atomic mass is 10.5. The van der Waals surface area contributed by atoms with Gasteiger partial charge in [0.15, 0.2) is 0 Å². The highest BCUT2D eigenvalue weighted by molar-refractivity contribution is 4.28. The molecule has 0 aromatic rings. The van der Waals surface area contributed by atoms with Gasteiger partial charge >= 0.3 is 0 Å². The summed E-state index contributed by atoms with van der Waals surface area (Å²) in [6.07, 6.45) is 1.12. The quantitative estimate of drug-likeness (QED) is 0.473. The van der Waals surface area contributed by atoms with E-state index in [0.29, 0.717) is 7.02 Å². The average molecular weight is 74.1 g/mol. The molecule has 0 aliphatic heterocycles. The molecule has 32 valence electrons. The summed E-state index contributed by atoms with van der Waals surface area (Å²) in [5.74, 6) is 0. The van der Waals surface area contributed by atoms with Gasteiger partial charge in [-0.05, 0) is 20.0 Å². The maximum absolute atomic E-state index is 6.59. The molecule has 0 fully saturated rings. The smallest absolute Gasteiger partial charge is 0.0391 e. The van der Waals surface area contributed by atoms with Crippen LogP contribution in [0.15, 0.2) is 0 Å². The van der Waals surface area contributed by atoms with E-state index in [1.807, 2.05) is 0 Å².